The Balaban J connectivity index is 1.50. The Morgan fingerprint density at radius 2 is 1.88 bits per heavy atom. The number of piperidine rings is 1. The van der Waals surface area contributed by atoms with Crippen LogP contribution in [0.4, 0.5) is 20.2 Å². The highest BCUT2D eigenvalue weighted by Crippen LogP contribution is 2.42. The van der Waals surface area contributed by atoms with Crippen molar-refractivity contribution in [3.8, 4) is 0 Å². The van der Waals surface area contributed by atoms with E-state index in [2.05, 4.69) is 5.32 Å². The molecule has 9 heteroatoms. The molecule has 4 rings (SSSR count). The van der Waals surface area contributed by atoms with E-state index in [1.54, 1.807) is 4.90 Å². The van der Waals surface area contributed by atoms with E-state index >= 15 is 0 Å². The number of esters is 1. The average Bonchev–Trinajstić information content (AvgIpc) is 3.35. The number of nitrogens with one attached hydrogen (secondary N) is 1. The van der Waals surface area contributed by atoms with Gasteiger partial charge < -0.3 is 15.0 Å². The first-order valence-corrected chi connectivity index (χ1v) is 11.5. The van der Waals surface area contributed by atoms with Gasteiger partial charge in [0, 0.05) is 28.7 Å². The van der Waals surface area contributed by atoms with Crippen LogP contribution in [0.5, 0.6) is 0 Å². The maximum absolute atomic E-state index is 13.4. The molecule has 1 N–H and O–H groups in total. The molecule has 0 aliphatic carbocycles. The zero-order valence-electron chi connectivity index (χ0n) is 18.3. The van der Waals surface area contributed by atoms with Gasteiger partial charge >= 0.3 is 5.97 Å². The highest BCUT2D eigenvalue weighted by atomic mass is 32.1. The van der Waals surface area contributed by atoms with Gasteiger partial charge in [-0.1, -0.05) is 23.8 Å². The van der Waals surface area contributed by atoms with Crippen molar-refractivity contribution in [3.63, 3.8) is 0 Å². The summed E-state index contributed by atoms with van der Waals surface area (Å²) in [6, 6.07) is 13.6. The summed E-state index contributed by atoms with van der Waals surface area (Å²) in [4.78, 5) is 40.7. The number of anilines is 2. The van der Waals surface area contributed by atoms with Crippen LogP contribution in [-0.2, 0) is 19.1 Å². The maximum Gasteiger partial charge on any atom is 0.311 e. The van der Waals surface area contributed by atoms with Crippen molar-refractivity contribution >= 4 is 40.5 Å². The smallest absolute Gasteiger partial charge is 0.311 e. The lowest BCUT2D eigenvalue weighted by Crippen LogP contribution is -2.46. The first-order chi connectivity index (χ1) is 16.3. The van der Waals surface area contributed by atoms with Crippen molar-refractivity contribution in [1.82, 2.24) is 0 Å². The first-order valence-electron chi connectivity index (χ1n) is 10.7. The van der Waals surface area contributed by atoms with E-state index in [0.29, 0.717) is 5.69 Å². The molecule has 2 amide bonds. The van der Waals surface area contributed by atoms with Crippen LogP contribution in [-0.4, -0.2) is 24.4 Å². The molecular formula is C25H22F2N2O4S. The molecule has 1 aliphatic heterocycles. The van der Waals surface area contributed by atoms with Gasteiger partial charge in [0.25, 0.3) is 5.91 Å². The fourth-order valence-electron chi connectivity index (χ4n) is 3.95. The number of nitrogens with zero attached hydrogens (tertiary/aromatic N) is 1. The lowest BCUT2D eigenvalue weighted by atomic mass is 9.87. The van der Waals surface area contributed by atoms with Gasteiger partial charge in [0.2, 0.25) is 5.91 Å². The number of hydrogen-bond donors (Lipinski definition) is 1. The van der Waals surface area contributed by atoms with Crippen LogP contribution >= 0.6 is 11.3 Å². The number of aryl methyl sites for hydroxylation is 1. The molecule has 176 valence electrons. The van der Waals surface area contributed by atoms with Gasteiger partial charge in [-0.3, -0.25) is 14.4 Å². The fourth-order valence-corrected chi connectivity index (χ4v) is 4.83. The van der Waals surface area contributed by atoms with Gasteiger partial charge in [-0.15, -0.1) is 11.3 Å². The monoisotopic (exact) mass is 484 g/mol. The fraction of sp³-hybridized carbons (Fsp3) is 0.240. The zero-order valence-corrected chi connectivity index (χ0v) is 19.1. The van der Waals surface area contributed by atoms with E-state index in [-0.39, 0.29) is 24.4 Å². The number of rotatable bonds is 6. The van der Waals surface area contributed by atoms with Gasteiger partial charge in [-0.2, -0.15) is 0 Å². The zero-order chi connectivity index (χ0) is 24.2. The Morgan fingerprint density at radius 1 is 1.12 bits per heavy atom. The lowest BCUT2D eigenvalue weighted by Gasteiger charge is -2.39. The third kappa shape index (κ3) is 5.14. The molecular weight excluding hydrogens is 462 g/mol. The minimum Gasteiger partial charge on any atom is -0.455 e. The number of hydrogen-bond acceptors (Lipinski definition) is 5. The number of thiophene rings is 1. The predicted octanol–water partition coefficient (Wildman–Crippen LogP) is 5.00. The molecule has 1 aliphatic rings. The Labute approximate surface area is 199 Å². The van der Waals surface area contributed by atoms with E-state index in [1.165, 1.54) is 17.4 Å². The van der Waals surface area contributed by atoms with Crippen molar-refractivity contribution in [2.75, 3.05) is 16.8 Å². The molecule has 2 atom stereocenters. The summed E-state index contributed by atoms with van der Waals surface area (Å²) >= 11 is 1.44. The maximum atomic E-state index is 13.4. The molecule has 0 bridgehead atoms. The Kier molecular flexibility index (Phi) is 7.02. The molecule has 0 saturated carbocycles. The van der Waals surface area contributed by atoms with Gasteiger partial charge in [0.1, 0.15) is 0 Å². The van der Waals surface area contributed by atoms with Gasteiger partial charge in [-0.05, 0) is 49.1 Å². The van der Waals surface area contributed by atoms with Crippen LogP contribution in [0, 0.1) is 24.5 Å². The van der Waals surface area contributed by atoms with E-state index in [4.69, 9.17) is 4.74 Å². The highest BCUT2D eigenvalue weighted by molar-refractivity contribution is 7.10. The summed E-state index contributed by atoms with van der Waals surface area (Å²) in [7, 11) is 0. The third-order valence-corrected chi connectivity index (χ3v) is 6.54. The summed E-state index contributed by atoms with van der Waals surface area (Å²) in [5, 5.41) is 4.24. The second kappa shape index (κ2) is 10.1. The summed E-state index contributed by atoms with van der Waals surface area (Å²) in [5.74, 6) is -4.19. The van der Waals surface area contributed by atoms with Crippen molar-refractivity contribution in [2.24, 2.45) is 5.92 Å². The summed E-state index contributed by atoms with van der Waals surface area (Å²) in [5.41, 5.74) is 1.77. The molecule has 2 aromatic carbocycles. The van der Waals surface area contributed by atoms with Gasteiger partial charge in [0.05, 0.1) is 12.0 Å². The first kappa shape index (κ1) is 23.6. The van der Waals surface area contributed by atoms with Crippen molar-refractivity contribution in [2.45, 2.75) is 25.8 Å². The van der Waals surface area contributed by atoms with Gasteiger partial charge in [-0.25, -0.2) is 8.78 Å². The number of carbonyl (C=O) groups is 3. The van der Waals surface area contributed by atoms with Crippen molar-refractivity contribution in [1.29, 1.82) is 0 Å². The van der Waals surface area contributed by atoms with E-state index in [0.717, 1.165) is 22.6 Å². The van der Waals surface area contributed by atoms with Crippen molar-refractivity contribution in [3.05, 3.63) is 82.1 Å². The normalized spacial score (nSPS) is 18.0. The van der Waals surface area contributed by atoms with E-state index in [9.17, 15) is 23.2 Å². The molecule has 1 fully saturated rings. The molecule has 2 heterocycles. The third-order valence-electron chi connectivity index (χ3n) is 5.60. The molecule has 3 aromatic rings. The van der Waals surface area contributed by atoms with Crippen molar-refractivity contribution < 1.29 is 27.9 Å². The average molecular weight is 485 g/mol. The predicted molar refractivity (Wildman–Crippen MR) is 124 cm³/mol. The Bertz CT molecular complexity index is 1200. The second-order valence-corrected chi connectivity index (χ2v) is 8.97. The van der Waals surface area contributed by atoms with Crippen LogP contribution in [0.1, 0.15) is 29.3 Å². The molecule has 6 nitrogen and oxygen atoms in total. The Hall–Kier alpha value is -3.59. The van der Waals surface area contributed by atoms with Crippen LogP contribution in [0.15, 0.2) is 60.0 Å². The van der Waals surface area contributed by atoms with Crippen LogP contribution in [0.3, 0.4) is 0 Å². The minimum absolute atomic E-state index is 0.0465. The topological polar surface area (TPSA) is 75.7 Å². The summed E-state index contributed by atoms with van der Waals surface area (Å²) in [6.45, 7) is 1.36. The number of amides is 2. The van der Waals surface area contributed by atoms with E-state index in [1.807, 2.05) is 48.7 Å². The largest absolute Gasteiger partial charge is 0.455 e. The molecule has 34 heavy (non-hydrogen) atoms. The SMILES string of the molecule is Cc1ccc(N2C(=O)CCC(C(=O)OCC(=O)Nc3ccc(F)c(F)c3)C2c2cccs2)cc1. The molecule has 0 radical (unpaired) electrons. The van der Waals surface area contributed by atoms with Crippen LogP contribution in [0.2, 0.25) is 0 Å². The number of halogens is 2. The standard InChI is InChI=1S/C25H22F2N2O4S/c1-15-4-7-17(8-5-15)29-23(31)11-9-18(24(29)21-3-2-12-34-21)25(32)33-14-22(30)28-16-6-10-19(26)20(27)13-16/h2-8,10,12-13,18,24H,9,11,14H2,1H3,(H,28,30). The highest BCUT2D eigenvalue weighted by Gasteiger charge is 2.43. The van der Waals surface area contributed by atoms with E-state index < -0.39 is 42.1 Å². The summed E-state index contributed by atoms with van der Waals surface area (Å²) < 4.78 is 31.7. The van der Waals surface area contributed by atoms with Gasteiger partial charge in [0.15, 0.2) is 18.2 Å². The van der Waals surface area contributed by atoms with Crippen LogP contribution < -0.4 is 10.2 Å². The quantitative estimate of drug-likeness (QED) is 0.500. The van der Waals surface area contributed by atoms with Crippen LogP contribution in [0.25, 0.3) is 0 Å². The number of benzene rings is 2. The number of ether oxygens (including phenoxy) is 1. The minimum atomic E-state index is -1.10. The summed E-state index contributed by atoms with van der Waals surface area (Å²) in [6.07, 6.45) is 0.448. The number of carbonyl (C=O) groups excluding carboxylic acids is 3. The molecule has 0 spiro atoms. The lowest BCUT2D eigenvalue weighted by molar-refractivity contribution is -0.153. The second-order valence-electron chi connectivity index (χ2n) is 7.99. The molecule has 1 saturated heterocycles. The molecule has 1 aromatic heterocycles. The molecule has 2 unspecified atom stereocenters. The Morgan fingerprint density at radius 3 is 2.56 bits per heavy atom.